The summed E-state index contributed by atoms with van der Waals surface area (Å²) in [4.78, 5) is 3.33. The summed E-state index contributed by atoms with van der Waals surface area (Å²) in [6, 6.07) is 6.95. The fourth-order valence-corrected chi connectivity index (χ4v) is 1.77. The first-order valence-corrected chi connectivity index (χ1v) is 6.02. The Bertz CT molecular complexity index is 409. The van der Waals surface area contributed by atoms with Gasteiger partial charge in [0.2, 0.25) is 0 Å². The van der Waals surface area contributed by atoms with Gasteiger partial charge in [-0.2, -0.15) is 5.43 Å². The zero-order valence-electron chi connectivity index (χ0n) is 9.82. The van der Waals surface area contributed by atoms with Gasteiger partial charge in [-0.05, 0) is 49.1 Å². The van der Waals surface area contributed by atoms with Gasteiger partial charge < -0.3 is 5.11 Å². The van der Waals surface area contributed by atoms with E-state index in [0.717, 1.165) is 24.4 Å². The van der Waals surface area contributed by atoms with Crippen LogP contribution in [0.15, 0.2) is 29.4 Å². The highest BCUT2D eigenvalue weighted by molar-refractivity contribution is 5.82. The summed E-state index contributed by atoms with van der Waals surface area (Å²) in [6.07, 6.45) is 6.50. The molecular weight excluding hydrogens is 214 g/mol. The number of nitrogens with one attached hydrogen (secondary N) is 2. The monoisotopic (exact) mass is 232 g/mol. The van der Waals surface area contributed by atoms with Crippen LogP contribution in [0.5, 0.6) is 5.75 Å². The van der Waals surface area contributed by atoms with Crippen molar-refractivity contribution in [1.82, 2.24) is 5.43 Å². The third-order valence-corrected chi connectivity index (χ3v) is 2.75. The van der Waals surface area contributed by atoms with Crippen LogP contribution in [0.3, 0.4) is 0 Å². The molecule has 0 amide bonds. The molecule has 1 heterocycles. The highest BCUT2D eigenvalue weighted by atomic mass is 16.3. The summed E-state index contributed by atoms with van der Waals surface area (Å²) in [6.45, 7) is 1.02. The molecule has 1 aliphatic heterocycles. The van der Waals surface area contributed by atoms with Gasteiger partial charge in [0.05, 0.1) is 19.2 Å². The summed E-state index contributed by atoms with van der Waals surface area (Å²) in [7, 11) is 0. The standard InChI is InChI=1S/C13H17N3O/c17-12-7-5-11(6-8-12)10-15-16-13-4-2-1-3-9-14-13/h5-8,10,17H,1-4,9H2,(H,14,16)/p+1/b15-10+. The predicted molar refractivity (Wildman–Crippen MR) is 68.1 cm³/mol. The average molecular weight is 232 g/mol. The topological polar surface area (TPSA) is 58.6 Å². The number of phenolic OH excluding ortho intramolecular Hbond substituents is 1. The van der Waals surface area contributed by atoms with E-state index >= 15 is 0 Å². The van der Waals surface area contributed by atoms with Gasteiger partial charge in [-0.1, -0.05) is 5.10 Å². The maximum atomic E-state index is 9.14. The van der Waals surface area contributed by atoms with Crippen LogP contribution in [-0.2, 0) is 0 Å². The van der Waals surface area contributed by atoms with E-state index in [9.17, 15) is 0 Å². The zero-order chi connectivity index (χ0) is 11.9. The molecule has 0 radical (unpaired) electrons. The quantitative estimate of drug-likeness (QED) is 0.509. The zero-order valence-corrected chi connectivity index (χ0v) is 9.82. The minimum Gasteiger partial charge on any atom is -0.508 e. The second-order valence-electron chi connectivity index (χ2n) is 4.18. The summed E-state index contributed by atoms with van der Waals surface area (Å²) >= 11 is 0. The first-order chi connectivity index (χ1) is 8.34. The molecule has 1 aromatic rings. The Morgan fingerprint density at radius 3 is 2.82 bits per heavy atom. The Labute approximate surface area is 101 Å². The van der Waals surface area contributed by atoms with Crippen molar-refractivity contribution < 1.29 is 10.1 Å². The molecule has 0 fully saturated rings. The first-order valence-electron chi connectivity index (χ1n) is 6.02. The lowest BCUT2D eigenvalue weighted by molar-refractivity contribution is -0.459. The fraction of sp³-hybridized carbons (Fsp3) is 0.385. The van der Waals surface area contributed by atoms with Crippen molar-refractivity contribution in [2.45, 2.75) is 25.7 Å². The number of hydrogen-bond acceptors (Lipinski definition) is 3. The molecule has 17 heavy (non-hydrogen) atoms. The Kier molecular flexibility index (Phi) is 4.13. The number of nitrogens with zero attached hydrogens (tertiary/aromatic N) is 1. The molecule has 1 aromatic carbocycles. The summed E-state index contributed by atoms with van der Waals surface area (Å²) in [5.74, 6) is 1.37. The maximum Gasteiger partial charge on any atom is 0.267 e. The van der Waals surface area contributed by atoms with Gasteiger partial charge in [0.15, 0.2) is 0 Å². The molecule has 0 atom stereocenters. The van der Waals surface area contributed by atoms with Crippen molar-refractivity contribution in [3.05, 3.63) is 29.8 Å². The molecule has 90 valence electrons. The van der Waals surface area contributed by atoms with Gasteiger partial charge in [0.1, 0.15) is 5.75 Å². The molecular formula is C13H18N3O+. The molecule has 2 rings (SSSR count). The fourth-order valence-electron chi connectivity index (χ4n) is 1.77. The molecule has 0 saturated heterocycles. The molecule has 0 spiro atoms. The van der Waals surface area contributed by atoms with Crippen LogP contribution in [0.4, 0.5) is 0 Å². The lowest BCUT2D eigenvalue weighted by atomic mass is 10.2. The van der Waals surface area contributed by atoms with Crippen LogP contribution in [0.25, 0.3) is 0 Å². The van der Waals surface area contributed by atoms with Crippen molar-refractivity contribution >= 4 is 12.1 Å². The number of phenols is 1. The lowest BCUT2D eigenvalue weighted by Gasteiger charge is -1.95. The summed E-state index contributed by atoms with van der Waals surface area (Å²) in [5, 5.41) is 13.3. The third-order valence-electron chi connectivity index (χ3n) is 2.75. The highest BCUT2D eigenvalue weighted by Crippen LogP contribution is 2.07. The molecule has 3 N–H and O–H groups in total. The molecule has 4 heteroatoms. The van der Waals surface area contributed by atoms with Gasteiger partial charge in [0, 0.05) is 0 Å². The number of amidine groups is 1. The first kappa shape index (κ1) is 11.6. The molecule has 0 aliphatic carbocycles. The summed E-state index contributed by atoms with van der Waals surface area (Å²) < 4.78 is 0. The van der Waals surface area contributed by atoms with Crippen LogP contribution in [0.1, 0.15) is 31.2 Å². The van der Waals surface area contributed by atoms with Crippen LogP contribution >= 0.6 is 0 Å². The van der Waals surface area contributed by atoms with E-state index < -0.39 is 0 Å². The number of hydrogen-bond donors (Lipinski definition) is 3. The van der Waals surface area contributed by atoms with E-state index in [1.807, 2.05) is 12.1 Å². The largest absolute Gasteiger partial charge is 0.508 e. The minimum absolute atomic E-state index is 0.273. The van der Waals surface area contributed by atoms with Crippen molar-refractivity contribution in [2.24, 2.45) is 5.10 Å². The Morgan fingerprint density at radius 1 is 1.18 bits per heavy atom. The number of aromatic hydroxyl groups is 1. The minimum atomic E-state index is 0.273. The van der Waals surface area contributed by atoms with Crippen molar-refractivity contribution in [3.63, 3.8) is 0 Å². The Morgan fingerprint density at radius 2 is 2.00 bits per heavy atom. The number of hydrazone groups is 1. The molecule has 0 bridgehead atoms. The van der Waals surface area contributed by atoms with Crippen LogP contribution in [0.2, 0.25) is 0 Å². The third kappa shape index (κ3) is 3.90. The van der Waals surface area contributed by atoms with Crippen LogP contribution in [0, 0.1) is 0 Å². The Balaban J connectivity index is 1.88. The van der Waals surface area contributed by atoms with E-state index in [1.165, 1.54) is 19.3 Å². The van der Waals surface area contributed by atoms with Crippen LogP contribution in [-0.4, -0.2) is 23.7 Å². The van der Waals surface area contributed by atoms with Crippen molar-refractivity contribution in [3.8, 4) is 5.75 Å². The normalized spacial score (nSPS) is 16.6. The Hall–Kier alpha value is -1.84. The smallest absolute Gasteiger partial charge is 0.267 e. The molecule has 1 aliphatic rings. The SMILES string of the molecule is Oc1ccc(/C=N/NC2=[NH+]CCCCC2)cc1. The van der Waals surface area contributed by atoms with E-state index in [2.05, 4.69) is 15.5 Å². The second kappa shape index (κ2) is 6.03. The number of rotatable bonds is 2. The van der Waals surface area contributed by atoms with Gasteiger partial charge in [-0.3, -0.25) is 4.99 Å². The number of benzene rings is 1. The van der Waals surface area contributed by atoms with Gasteiger partial charge in [-0.25, -0.2) is 0 Å². The van der Waals surface area contributed by atoms with E-state index in [-0.39, 0.29) is 5.75 Å². The van der Waals surface area contributed by atoms with Gasteiger partial charge >= 0.3 is 0 Å². The molecule has 4 nitrogen and oxygen atoms in total. The van der Waals surface area contributed by atoms with E-state index in [4.69, 9.17) is 5.11 Å². The predicted octanol–water partition coefficient (Wildman–Crippen LogP) is 0.369. The molecule has 0 saturated carbocycles. The van der Waals surface area contributed by atoms with E-state index in [0.29, 0.717) is 0 Å². The molecule has 0 aromatic heterocycles. The molecule has 0 unspecified atom stereocenters. The second-order valence-corrected chi connectivity index (χ2v) is 4.18. The van der Waals surface area contributed by atoms with Crippen molar-refractivity contribution in [1.29, 1.82) is 0 Å². The summed E-state index contributed by atoms with van der Waals surface area (Å²) in [5.41, 5.74) is 4.00. The highest BCUT2D eigenvalue weighted by Gasteiger charge is 2.07. The van der Waals surface area contributed by atoms with Crippen LogP contribution < -0.4 is 10.4 Å². The van der Waals surface area contributed by atoms with Crippen molar-refractivity contribution in [2.75, 3.05) is 6.54 Å². The van der Waals surface area contributed by atoms with Gasteiger partial charge in [0.25, 0.3) is 5.84 Å². The maximum absolute atomic E-state index is 9.14. The lowest BCUT2D eigenvalue weighted by Crippen LogP contribution is -2.75. The van der Waals surface area contributed by atoms with E-state index in [1.54, 1.807) is 18.3 Å². The van der Waals surface area contributed by atoms with Gasteiger partial charge in [-0.15, -0.1) is 0 Å². The average Bonchev–Trinajstić information content (AvgIpc) is 2.60.